The van der Waals surface area contributed by atoms with Crippen molar-refractivity contribution in [2.45, 2.75) is 19.9 Å². The van der Waals surface area contributed by atoms with E-state index in [9.17, 15) is 19.7 Å². The lowest BCUT2D eigenvalue weighted by Gasteiger charge is -2.18. The number of carbonyl (C=O) groups excluding carboxylic acids is 1. The predicted octanol–water partition coefficient (Wildman–Crippen LogP) is 2.48. The summed E-state index contributed by atoms with van der Waals surface area (Å²) in [5, 5.41) is 24.3. The van der Waals surface area contributed by atoms with Crippen molar-refractivity contribution in [3.63, 3.8) is 0 Å². The fourth-order valence-electron chi connectivity index (χ4n) is 1.54. The van der Waals surface area contributed by atoms with Gasteiger partial charge in [-0.05, 0) is 12.0 Å². The molecule has 0 aliphatic rings. The van der Waals surface area contributed by atoms with Crippen LogP contribution in [0.25, 0.3) is 0 Å². The molecule has 0 radical (unpaired) electrons. The number of carboxylic acid groups (broad SMARTS) is 1. The maximum atomic E-state index is 11.8. The highest BCUT2D eigenvalue weighted by atomic mass is 35.5. The number of amides is 2. The molecule has 21 heavy (non-hydrogen) atoms. The molecule has 0 aliphatic heterocycles. The molecule has 0 fully saturated rings. The second-order valence-corrected chi connectivity index (χ2v) is 4.99. The summed E-state index contributed by atoms with van der Waals surface area (Å²) in [6, 6.07) is 1.67. The Labute approximate surface area is 125 Å². The Bertz CT molecular complexity index is 576. The first-order chi connectivity index (χ1) is 9.72. The van der Waals surface area contributed by atoms with Crippen molar-refractivity contribution in [2.24, 2.45) is 5.92 Å². The highest BCUT2D eigenvalue weighted by Crippen LogP contribution is 2.26. The second-order valence-electron chi connectivity index (χ2n) is 4.58. The Balaban J connectivity index is 2.85. The van der Waals surface area contributed by atoms with Crippen LogP contribution in [-0.2, 0) is 4.79 Å². The monoisotopic (exact) mass is 315 g/mol. The SMILES string of the molecule is CC(C)[C@@H](NC(=O)Nc1cc([N+](=O)[O-])ccc1Cl)C(=O)O. The number of nitrogens with zero attached hydrogens (tertiary/aromatic N) is 1. The quantitative estimate of drug-likeness (QED) is 0.569. The first-order valence-corrected chi connectivity index (χ1v) is 6.34. The summed E-state index contributed by atoms with van der Waals surface area (Å²) in [6.45, 7) is 3.28. The summed E-state index contributed by atoms with van der Waals surface area (Å²) in [5.41, 5.74) is -0.218. The molecule has 1 aromatic carbocycles. The number of non-ortho nitro benzene ring substituents is 1. The molecule has 2 amide bonds. The van der Waals surface area contributed by atoms with Crippen molar-refractivity contribution in [3.8, 4) is 0 Å². The summed E-state index contributed by atoms with van der Waals surface area (Å²) in [6.07, 6.45) is 0. The Morgan fingerprint density at radius 1 is 1.38 bits per heavy atom. The van der Waals surface area contributed by atoms with Crippen LogP contribution in [0.15, 0.2) is 18.2 Å². The minimum atomic E-state index is -1.18. The van der Waals surface area contributed by atoms with Gasteiger partial charge in [0.1, 0.15) is 6.04 Å². The Morgan fingerprint density at radius 2 is 2.00 bits per heavy atom. The molecule has 1 atom stereocenters. The van der Waals surface area contributed by atoms with E-state index in [-0.39, 0.29) is 22.3 Å². The zero-order valence-corrected chi connectivity index (χ0v) is 12.0. The Kier molecular flexibility index (Phi) is 5.48. The molecule has 1 aromatic rings. The largest absolute Gasteiger partial charge is 0.480 e. The standard InChI is InChI=1S/C12H14ClN3O5/c1-6(2)10(11(17)18)15-12(19)14-9-5-7(16(20)21)3-4-8(9)13/h3-6,10H,1-2H3,(H,17,18)(H2,14,15,19)/t10-/m1/s1. The zero-order chi connectivity index (χ0) is 16.2. The number of nitro benzene ring substituents is 1. The van der Waals surface area contributed by atoms with Gasteiger partial charge in [-0.1, -0.05) is 25.4 Å². The van der Waals surface area contributed by atoms with Crippen molar-refractivity contribution in [3.05, 3.63) is 33.3 Å². The number of aliphatic carboxylic acids is 1. The van der Waals surface area contributed by atoms with Crippen molar-refractivity contribution in [1.29, 1.82) is 0 Å². The second kappa shape index (κ2) is 6.89. The average molecular weight is 316 g/mol. The van der Waals surface area contributed by atoms with Crippen LogP contribution in [0.2, 0.25) is 5.02 Å². The molecule has 3 N–H and O–H groups in total. The fourth-order valence-corrected chi connectivity index (χ4v) is 1.70. The van der Waals surface area contributed by atoms with E-state index in [1.165, 1.54) is 12.1 Å². The predicted molar refractivity (Wildman–Crippen MR) is 76.5 cm³/mol. The molecule has 114 valence electrons. The van der Waals surface area contributed by atoms with Gasteiger partial charge in [0.05, 0.1) is 15.6 Å². The molecule has 0 heterocycles. The smallest absolute Gasteiger partial charge is 0.326 e. The van der Waals surface area contributed by atoms with Gasteiger partial charge in [-0.25, -0.2) is 9.59 Å². The highest BCUT2D eigenvalue weighted by molar-refractivity contribution is 6.33. The van der Waals surface area contributed by atoms with Crippen LogP contribution in [0, 0.1) is 16.0 Å². The first-order valence-electron chi connectivity index (χ1n) is 5.96. The number of carboxylic acids is 1. The van der Waals surface area contributed by atoms with Crippen LogP contribution >= 0.6 is 11.6 Å². The van der Waals surface area contributed by atoms with Gasteiger partial charge in [0.25, 0.3) is 5.69 Å². The van der Waals surface area contributed by atoms with Crippen LogP contribution in [0.5, 0.6) is 0 Å². The highest BCUT2D eigenvalue weighted by Gasteiger charge is 2.23. The summed E-state index contributed by atoms with van der Waals surface area (Å²) in [5.74, 6) is -1.50. The first kappa shape index (κ1) is 16.7. The number of benzene rings is 1. The number of anilines is 1. The van der Waals surface area contributed by atoms with Crippen molar-refractivity contribution in [1.82, 2.24) is 5.32 Å². The maximum Gasteiger partial charge on any atom is 0.326 e. The molecule has 0 spiro atoms. The fraction of sp³-hybridized carbons (Fsp3) is 0.333. The van der Waals surface area contributed by atoms with Gasteiger partial charge in [0, 0.05) is 12.1 Å². The molecular formula is C12H14ClN3O5. The number of urea groups is 1. The number of rotatable bonds is 5. The van der Waals surface area contributed by atoms with E-state index >= 15 is 0 Å². The summed E-state index contributed by atoms with van der Waals surface area (Å²) in [7, 11) is 0. The van der Waals surface area contributed by atoms with Crippen LogP contribution in [0.4, 0.5) is 16.2 Å². The molecular weight excluding hydrogens is 302 g/mol. The van der Waals surface area contributed by atoms with E-state index in [0.29, 0.717) is 0 Å². The van der Waals surface area contributed by atoms with Crippen molar-refractivity contribution < 1.29 is 19.6 Å². The van der Waals surface area contributed by atoms with Gasteiger partial charge in [-0.3, -0.25) is 10.1 Å². The summed E-state index contributed by atoms with van der Waals surface area (Å²) < 4.78 is 0. The van der Waals surface area contributed by atoms with E-state index in [4.69, 9.17) is 16.7 Å². The zero-order valence-electron chi connectivity index (χ0n) is 11.3. The van der Waals surface area contributed by atoms with Crippen LogP contribution in [0.1, 0.15) is 13.8 Å². The topological polar surface area (TPSA) is 122 Å². The molecule has 0 saturated carbocycles. The lowest BCUT2D eigenvalue weighted by molar-refractivity contribution is -0.384. The third-order valence-corrected chi connectivity index (χ3v) is 2.96. The van der Waals surface area contributed by atoms with Crippen molar-refractivity contribution >= 4 is 35.0 Å². The number of hydrogen-bond acceptors (Lipinski definition) is 4. The van der Waals surface area contributed by atoms with Crippen LogP contribution in [-0.4, -0.2) is 28.1 Å². The van der Waals surface area contributed by atoms with E-state index in [2.05, 4.69) is 10.6 Å². The van der Waals surface area contributed by atoms with Crippen LogP contribution < -0.4 is 10.6 Å². The minimum absolute atomic E-state index is 0.0243. The van der Waals surface area contributed by atoms with E-state index < -0.39 is 23.0 Å². The van der Waals surface area contributed by atoms with Gasteiger partial charge in [0.15, 0.2) is 0 Å². The normalized spacial score (nSPS) is 11.8. The van der Waals surface area contributed by atoms with Gasteiger partial charge >= 0.3 is 12.0 Å². The number of nitro groups is 1. The molecule has 0 saturated heterocycles. The average Bonchev–Trinajstić information content (AvgIpc) is 2.37. The number of nitrogens with one attached hydrogen (secondary N) is 2. The lowest BCUT2D eigenvalue weighted by atomic mass is 10.1. The molecule has 9 heteroatoms. The molecule has 0 aliphatic carbocycles. The third-order valence-electron chi connectivity index (χ3n) is 2.63. The number of hydrogen-bond donors (Lipinski definition) is 3. The van der Waals surface area contributed by atoms with Gasteiger partial charge in [0.2, 0.25) is 0 Å². The third kappa shape index (κ3) is 4.60. The Morgan fingerprint density at radius 3 is 2.48 bits per heavy atom. The maximum absolute atomic E-state index is 11.8. The molecule has 0 aromatic heterocycles. The number of carbonyl (C=O) groups is 2. The molecule has 0 unspecified atom stereocenters. The lowest BCUT2D eigenvalue weighted by Crippen LogP contribution is -2.46. The molecule has 8 nitrogen and oxygen atoms in total. The van der Waals surface area contributed by atoms with E-state index in [1.807, 2.05) is 0 Å². The van der Waals surface area contributed by atoms with E-state index in [1.54, 1.807) is 13.8 Å². The van der Waals surface area contributed by atoms with Gasteiger partial charge < -0.3 is 15.7 Å². The number of halogens is 1. The van der Waals surface area contributed by atoms with E-state index in [0.717, 1.165) is 6.07 Å². The van der Waals surface area contributed by atoms with Crippen molar-refractivity contribution in [2.75, 3.05) is 5.32 Å². The van der Waals surface area contributed by atoms with Crippen LogP contribution in [0.3, 0.4) is 0 Å². The summed E-state index contributed by atoms with van der Waals surface area (Å²) >= 11 is 5.83. The minimum Gasteiger partial charge on any atom is -0.480 e. The van der Waals surface area contributed by atoms with Gasteiger partial charge in [-0.15, -0.1) is 0 Å². The molecule has 1 rings (SSSR count). The Hall–Kier alpha value is -2.35. The summed E-state index contributed by atoms with van der Waals surface area (Å²) in [4.78, 5) is 32.8. The molecule has 0 bridgehead atoms. The van der Waals surface area contributed by atoms with Gasteiger partial charge in [-0.2, -0.15) is 0 Å².